The van der Waals surface area contributed by atoms with Gasteiger partial charge in [-0.15, -0.1) is 0 Å². The van der Waals surface area contributed by atoms with Crippen LogP contribution in [0.4, 0.5) is 4.79 Å². The zero-order valence-corrected chi connectivity index (χ0v) is 10.7. The number of fused-ring (bicyclic) bond motifs is 1. The van der Waals surface area contributed by atoms with Gasteiger partial charge in [0.05, 0.1) is 6.42 Å². The van der Waals surface area contributed by atoms with E-state index >= 15 is 0 Å². The molecule has 0 saturated carbocycles. The lowest BCUT2D eigenvalue weighted by Gasteiger charge is -2.19. The van der Waals surface area contributed by atoms with E-state index in [1.807, 2.05) is 24.3 Å². The number of hydrogen-bond acceptors (Lipinski definition) is 3. The van der Waals surface area contributed by atoms with Crippen LogP contribution in [0.1, 0.15) is 17.5 Å². The Morgan fingerprint density at radius 2 is 1.80 bits per heavy atom. The first kappa shape index (κ1) is 13.9. The molecule has 1 atom stereocenters. The Morgan fingerprint density at radius 3 is 2.25 bits per heavy atom. The van der Waals surface area contributed by atoms with Gasteiger partial charge < -0.3 is 21.1 Å². The standard InChI is InChI=1S/C13H15N3O4/c14-11(17)5-10(12(18)19)15-13(20)16-6-8-3-1-2-4-9(8)7-16/h1-4,10H,5-7H2,(H2,14,17)(H,15,20)(H,18,19)/t10-/m1/s1. The van der Waals surface area contributed by atoms with Crippen LogP contribution in [0.3, 0.4) is 0 Å². The molecule has 1 aliphatic heterocycles. The predicted octanol–water partition coefficient (Wildman–Crippen LogP) is 0.0404. The number of aliphatic carboxylic acids is 1. The van der Waals surface area contributed by atoms with Gasteiger partial charge in [0.25, 0.3) is 0 Å². The second-order valence-electron chi connectivity index (χ2n) is 4.64. The smallest absolute Gasteiger partial charge is 0.326 e. The summed E-state index contributed by atoms with van der Waals surface area (Å²) < 4.78 is 0. The topological polar surface area (TPSA) is 113 Å². The van der Waals surface area contributed by atoms with Crippen molar-refractivity contribution in [2.75, 3.05) is 0 Å². The lowest BCUT2D eigenvalue weighted by atomic mass is 10.1. The van der Waals surface area contributed by atoms with E-state index in [2.05, 4.69) is 5.32 Å². The van der Waals surface area contributed by atoms with E-state index in [9.17, 15) is 14.4 Å². The minimum atomic E-state index is -1.30. The number of amides is 3. The second-order valence-corrected chi connectivity index (χ2v) is 4.64. The number of carbonyl (C=O) groups excluding carboxylic acids is 2. The molecule has 7 heteroatoms. The van der Waals surface area contributed by atoms with E-state index in [0.29, 0.717) is 13.1 Å². The molecular formula is C13H15N3O4. The van der Waals surface area contributed by atoms with Crippen LogP contribution in [0, 0.1) is 0 Å². The summed E-state index contributed by atoms with van der Waals surface area (Å²) in [6, 6.07) is 5.78. The van der Waals surface area contributed by atoms with E-state index in [4.69, 9.17) is 10.8 Å². The van der Waals surface area contributed by atoms with Crippen molar-refractivity contribution in [3.05, 3.63) is 35.4 Å². The minimum Gasteiger partial charge on any atom is -0.480 e. The van der Waals surface area contributed by atoms with Crippen LogP contribution in [-0.4, -0.2) is 34.0 Å². The summed E-state index contributed by atoms with van der Waals surface area (Å²) in [5, 5.41) is 11.3. The molecule has 20 heavy (non-hydrogen) atoms. The fourth-order valence-corrected chi connectivity index (χ4v) is 2.12. The van der Waals surface area contributed by atoms with Gasteiger partial charge in [-0.05, 0) is 11.1 Å². The maximum Gasteiger partial charge on any atom is 0.326 e. The Hall–Kier alpha value is -2.57. The number of urea groups is 1. The maximum atomic E-state index is 12.0. The molecule has 0 spiro atoms. The summed E-state index contributed by atoms with van der Waals surface area (Å²) in [5.41, 5.74) is 7.03. The normalized spacial score (nSPS) is 14.5. The van der Waals surface area contributed by atoms with Gasteiger partial charge in [0.1, 0.15) is 6.04 Å². The fourth-order valence-electron chi connectivity index (χ4n) is 2.12. The third-order valence-electron chi connectivity index (χ3n) is 3.13. The number of carbonyl (C=O) groups is 3. The molecule has 1 aromatic carbocycles. The molecule has 4 N–H and O–H groups in total. The minimum absolute atomic E-state index is 0.422. The Balaban J connectivity index is 1.99. The molecule has 0 bridgehead atoms. The highest BCUT2D eigenvalue weighted by molar-refractivity contribution is 5.87. The molecule has 0 radical (unpaired) electrons. The largest absolute Gasteiger partial charge is 0.480 e. The first-order valence-corrected chi connectivity index (χ1v) is 6.10. The van der Waals surface area contributed by atoms with Crippen LogP contribution < -0.4 is 11.1 Å². The van der Waals surface area contributed by atoms with Gasteiger partial charge >= 0.3 is 12.0 Å². The van der Waals surface area contributed by atoms with Crippen LogP contribution in [0.5, 0.6) is 0 Å². The molecule has 0 unspecified atom stereocenters. The molecule has 1 heterocycles. The highest BCUT2D eigenvalue weighted by Crippen LogP contribution is 2.22. The van der Waals surface area contributed by atoms with Crippen molar-refractivity contribution in [3.8, 4) is 0 Å². The van der Waals surface area contributed by atoms with Gasteiger partial charge in [-0.1, -0.05) is 24.3 Å². The van der Waals surface area contributed by atoms with E-state index in [-0.39, 0.29) is 0 Å². The molecule has 1 aromatic rings. The van der Waals surface area contributed by atoms with Crippen LogP contribution >= 0.6 is 0 Å². The summed E-state index contributed by atoms with van der Waals surface area (Å²) in [6.45, 7) is 0.843. The van der Waals surface area contributed by atoms with Gasteiger partial charge in [0.2, 0.25) is 5.91 Å². The molecule has 0 fully saturated rings. The zero-order valence-electron chi connectivity index (χ0n) is 10.7. The average molecular weight is 277 g/mol. The number of nitrogens with two attached hydrogens (primary N) is 1. The van der Waals surface area contributed by atoms with Crippen molar-refractivity contribution in [1.82, 2.24) is 10.2 Å². The van der Waals surface area contributed by atoms with Gasteiger partial charge in [0, 0.05) is 13.1 Å². The molecule has 0 aromatic heterocycles. The van der Waals surface area contributed by atoms with Crippen molar-refractivity contribution in [3.63, 3.8) is 0 Å². The summed E-state index contributed by atoms with van der Waals surface area (Å²) in [7, 11) is 0. The third-order valence-corrected chi connectivity index (χ3v) is 3.13. The van der Waals surface area contributed by atoms with Crippen LogP contribution in [-0.2, 0) is 22.7 Å². The molecule has 3 amide bonds. The number of carboxylic acids is 1. The average Bonchev–Trinajstić information content (AvgIpc) is 2.81. The molecule has 106 valence electrons. The highest BCUT2D eigenvalue weighted by atomic mass is 16.4. The van der Waals surface area contributed by atoms with Crippen LogP contribution in [0.25, 0.3) is 0 Å². The van der Waals surface area contributed by atoms with E-state index < -0.39 is 30.4 Å². The molecule has 2 rings (SSSR count). The van der Waals surface area contributed by atoms with Crippen molar-refractivity contribution in [1.29, 1.82) is 0 Å². The number of benzene rings is 1. The lowest BCUT2D eigenvalue weighted by molar-refractivity contribution is -0.140. The predicted molar refractivity (Wildman–Crippen MR) is 69.5 cm³/mol. The summed E-state index contributed by atoms with van der Waals surface area (Å²) in [6.07, 6.45) is -0.429. The summed E-state index contributed by atoms with van der Waals surface area (Å²) in [4.78, 5) is 35.2. The van der Waals surface area contributed by atoms with E-state index in [1.165, 1.54) is 4.90 Å². The zero-order chi connectivity index (χ0) is 14.7. The third kappa shape index (κ3) is 3.05. The number of primary amides is 1. The summed E-state index contributed by atoms with van der Waals surface area (Å²) >= 11 is 0. The van der Waals surface area contributed by atoms with E-state index in [0.717, 1.165) is 11.1 Å². The molecule has 0 saturated heterocycles. The maximum absolute atomic E-state index is 12.0. The molecule has 7 nitrogen and oxygen atoms in total. The highest BCUT2D eigenvalue weighted by Gasteiger charge is 2.28. The van der Waals surface area contributed by atoms with Gasteiger partial charge in [-0.3, -0.25) is 4.79 Å². The van der Waals surface area contributed by atoms with E-state index in [1.54, 1.807) is 0 Å². The molecule has 1 aliphatic rings. The Bertz CT molecular complexity index is 533. The summed E-state index contributed by atoms with van der Waals surface area (Å²) in [5.74, 6) is -2.06. The Kier molecular flexibility index (Phi) is 3.88. The van der Waals surface area contributed by atoms with Crippen molar-refractivity contribution < 1.29 is 19.5 Å². The lowest BCUT2D eigenvalue weighted by Crippen LogP contribution is -2.47. The molecule has 0 aliphatic carbocycles. The van der Waals surface area contributed by atoms with Gasteiger partial charge in [0.15, 0.2) is 0 Å². The quantitative estimate of drug-likeness (QED) is 0.721. The Labute approximate surface area is 115 Å². The molecular weight excluding hydrogens is 262 g/mol. The first-order valence-electron chi connectivity index (χ1n) is 6.10. The number of rotatable bonds is 4. The second kappa shape index (κ2) is 5.60. The first-order chi connectivity index (χ1) is 9.47. The van der Waals surface area contributed by atoms with Gasteiger partial charge in [-0.2, -0.15) is 0 Å². The van der Waals surface area contributed by atoms with Gasteiger partial charge in [-0.25, -0.2) is 9.59 Å². The number of hydrogen-bond donors (Lipinski definition) is 3. The Morgan fingerprint density at radius 1 is 1.25 bits per heavy atom. The number of nitrogens with zero attached hydrogens (tertiary/aromatic N) is 1. The van der Waals surface area contributed by atoms with Crippen molar-refractivity contribution >= 4 is 17.9 Å². The number of nitrogens with one attached hydrogen (secondary N) is 1. The van der Waals surface area contributed by atoms with Crippen LogP contribution in [0.2, 0.25) is 0 Å². The fraction of sp³-hybridized carbons (Fsp3) is 0.308. The van der Waals surface area contributed by atoms with Crippen LogP contribution in [0.15, 0.2) is 24.3 Å². The van der Waals surface area contributed by atoms with Crippen molar-refractivity contribution in [2.45, 2.75) is 25.6 Å². The number of carboxylic acid groups (broad SMARTS) is 1. The monoisotopic (exact) mass is 277 g/mol. The van der Waals surface area contributed by atoms with Crippen molar-refractivity contribution in [2.24, 2.45) is 5.73 Å². The SMILES string of the molecule is NC(=O)C[C@@H](NC(=O)N1Cc2ccccc2C1)C(=O)O.